The molecule has 1 aliphatic carbocycles. The molecule has 8 nitrogen and oxygen atoms in total. The Morgan fingerprint density at radius 3 is 2.43 bits per heavy atom. The lowest BCUT2D eigenvalue weighted by molar-refractivity contribution is -0.128. The Morgan fingerprint density at radius 1 is 0.977 bits per heavy atom. The van der Waals surface area contributed by atoms with E-state index >= 15 is 4.39 Å². The fourth-order valence-electron chi connectivity index (χ4n) is 6.92. The van der Waals surface area contributed by atoms with Crippen molar-refractivity contribution in [3.05, 3.63) is 71.2 Å². The van der Waals surface area contributed by atoms with Crippen LogP contribution in [-0.4, -0.2) is 63.5 Å². The van der Waals surface area contributed by atoms with E-state index in [1.165, 1.54) is 37.8 Å². The third-order valence-corrected chi connectivity index (χ3v) is 9.50. The van der Waals surface area contributed by atoms with Crippen LogP contribution in [0.2, 0.25) is 0 Å². The molecular weight excluding hydrogens is 557 g/mol. The lowest BCUT2D eigenvalue weighted by Crippen LogP contribution is -2.50. The summed E-state index contributed by atoms with van der Waals surface area (Å²) in [4.78, 5) is 30.1. The van der Waals surface area contributed by atoms with Crippen LogP contribution < -0.4 is 10.1 Å². The van der Waals surface area contributed by atoms with E-state index in [0.717, 1.165) is 49.3 Å². The van der Waals surface area contributed by atoms with Gasteiger partial charge in [-0.05, 0) is 93.5 Å². The summed E-state index contributed by atoms with van der Waals surface area (Å²) in [5, 5.41) is 11.5. The van der Waals surface area contributed by atoms with Crippen LogP contribution in [0, 0.1) is 18.7 Å². The summed E-state index contributed by atoms with van der Waals surface area (Å²) in [7, 11) is 0. The number of hydrogen-bond acceptors (Lipinski definition) is 6. The zero-order chi connectivity index (χ0) is 30.6. The molecule has 9 heteroatoms. The van der Waals surface area contributed by atoms with Gasteiger partial charge >= 0.3 is 0 Å². The maximum Gasteiger partial charge on any atom is 0.254 e. The number of benzene rings is 2. The second-order valence-corrected chi connectivity index (χ2v) is 12.7. The molecule has 2 aliphatic heterocycles. The van der Waals surface area contributed by atoms with Crippen molar-refractivity contribution in [1.29, 1.82) is 0 Å². The third-order valence-electron chi connectivity index (χ3n) is 9.50. The smallest absolute Gasteiger partial charge is 0.254 e. The van der Waals surface area contributed by atoms with Crippen LogP contribution >= 0.6 is 0 Å². The lowest BCUT2D eigenvalue weighted by Gasteiger charge is -2.42. The Balaban J connectivity index is 1.18. The molecule has 1 saturated carbocycles. The minimum atomic E-state index is -0.613. The number of hydrogen-bond donors (Lipinski definition) is 1. The number of piperidine rings is 1. The van der Waals surface area contributed by atoms with Gasteiger partial charge in [-0.2, -0.15) is 10.2 Å². The Labute approximate surface area is 259 Å². The second-order valence-electron chi connectivity index (χ2n) is 12.7. The Morgan fingerprint density at radius 2 is 1.75 bits per heavy atom. The zero-order valence-electron chi connectivity index (χ0n) is 25.7. The first-order chi connectivity index (χ1) is 21.3. The van der Waals surface area contributed by atoms with Crippen molar-refractivity contribution in [3.8, 4) is 22.8 Å². The van der Waals surface area contributed by atoms with Gasteiger partial charge in [0.1, 0.15) is 17.3 Å². The molecule has 3 aliphatic rings. The number of likely N-dealkylation sites (tertiary alicyclic amines) is 2. The monoisotopic (exact) mass is 599 g/mol. The molecule has 2 unspecified atom stereocenters. The first-order valence-corrected chi connectivity index (χ1v) is 16.1. The highest BCUT2D eigenvalue weighted by molar-refractivity contribution is 5.95. The molecule has 0 spiro atoms. The van der Waals surface area contributed by atoms with E-state index in [4.69, 9.17) is 4.74 Å². The van der Waals surface area contributed by atoms with Crippen LogP contribution in [-0.2, 0) is 11.3 Å². The largest absolute Gasteiger partial charge is 0.457 e. The fourth-order valence-corrected chi connectivity index (χ4v) is 6.92. The lowest BCUT2D eigenvalue weighted by atomic mass is 9.84. The molecular formula is C35H42FN5O3. The quantitative estimate of drug-likeness (QED) is 0.328. The topological polar surface area (TPSA) is 87.7 Å². The first-order valence-electron chi connectivity index (χ1n) is 16.1. The van der Waals surface area contributed by atoms with Crippen LogP contribution in [0.1, 0.15) is 79.9 Å². The number of carbonyl (C=O) groups excluding carboxylic acids is 2. The number of rotatable bonds is 8. The number of halogens is 1. The van der Waals surface area contributed by atoms with Crippen LogP contribution in [0.15, 0.2) is 48.5 Å². The van der Waals surface area contributed by atoms with Gasteiger partial charge in [0.25, 0.3) is 5.91 Å². The van der Waals surface area contributed by atoms with Crippen LogP contribution in [0.4, 0.5) is 4.39 Å². The van der Waals surface area contributed by atoms with Gasteiger partial charge in [0.2, 0.25) is 5.91 Å². The number of nitrogens with zero attached hydrogens (tertiary/aromatic N) is 4. The summed E-state index contributed by atoms with van der Waals surface area (Å²) in [6.45, 7) is 6.98. The van der Waals surface area contributed by atoms with E-state index in [1.807, 2.05) is 43.3 Å². The van der Waals surface area contributed by atoms with Crippen LogP contribution in [0.25, 0.3) is 11.3 Å². The molecule has 2 aromatic carbocycles. The third kappa shape index (κ3) is 6.93. The molecule has 44 heavy (non-hydrogen) atoms. The molecule has 2 atom stereocenters. The standard InChI is InChI=1S/C35H42FN5O3/c1-23-6-3-4-7-32(23)40-18-15-27(16-19-40)37-35(43)29-21-33(26(20-30(29)36)22-41-17-5-8-34(41)42)44-28-12-10-25(11-13-28)31-14-9-24(2)38-39-31/h9-14,20-21,23,27,32H,3-8,15-19,22H2,1-2H3,(H,37,43). The maximum atomic E-state index is 15.5. The first kappa shape index (κ1) is 30.2. The number of aromatic nitrogens is 2. The van der Waals surface area contributed by atoms with Gasteiger partial charge in [0, 0.05) is 55.8 Å². The number of nitrogens with one attached hydrogen (secondary N) is 1. The van der Waals surface area contributed by atoms with Crippen molar-refractivity contribution in [3.63, 3.8) is 0 Å². The number of amides is 2. The molecule has 232 valence electrons. The summed E-state index contributed by atoms with van der Waals surface area (Å²) < 4.78 is 21.8. The average Bonchev–Trinajstić information content (AvgIpc) is 3.43. The maximum absolute atomic E-state index is 15.5. The highest BCUT2D eigenvalue weighted by Crippen LogP contribution is 2.33. The Kier molecular flexibility index (Phi) is 9.21. The summed E-state index contributed by atoms with van der Waals surface area (Å²) in [6.07, 6.45) is 8.13. The molecule has 0 radical (unpaired) electrons. The fraction of sp³-hybridized carbons (Fsp3) is 0.486. The molecule has 2 saturated heterocycles. The highest BCUT2D eigenvalue weighted by Gasteiger charge is 2.31. The molecule has 2 amide bonds. The van der Waals surface area contributed by atoms with E-state index in [9.17, 15) is 9.59 Å². The van der Waals surface area contributed by atoms with E-state index < -0.39 is 11.7 Å². The summed E-state index contributed by atoms with van der Waals surface area (Å²) in [5.74, 6) is 0.595. The second kappa shape index (κ2) is 13.4. The van der Waals surface area contributed by atoms with Crippen molar-refractivity contribution in [2.24, 2.45) is 5.92 Å². The zero-order valence-corrected chi connectivity index (χ0v) is 25.7. The van der Waals surface area contributed by atoms with Gasteiger partial charge < -0.3 is 15.0 Å². The van der Waals surface area contributed by atoms with Gasteiger partial charge in [-0.3, -0.25) is 14.5 Å². The predicted molar refractivity (Wildman–Crippen MR) is 167 cm³/mol. The molecule has 3 heterocycles. The Hall–Kier alpha value is -3.85. The van der Waals surface area contributed by atoms with E-state index in [-0.39, 0.29) is 24.1 Å². The molecule has 1 aromatic heterocycles. The van der Waals surface area contributed by atoms with Gasteiger partial charge in [-0.25, -0.2) is 4.39 Å². The summed E-state index contributed by atoms with van der Waals surface area (Å²) in [6, 6.07) is 14.7. The number of carbonyl (C=O) groups is 2. The van der Waals surface area contributed by atoms with Gasteiger partial charge in [-0.15, -0.1) is 0 Å². The van der Waals surface area contributed by atoms with Crippen molar-refractivity contribution in [2.45, 2.75) is 83.8 Å². The van der Waals surface area contributed by atoms with Crippen molar-refractivity contribution in [2.75, 3.05) is 19.6 Å². The van der Waals surface area contributed by atoms with Gasteiger partial charge in [-0.1, -0.05) is 19.8 Å². The van der Waals surface area contributed by atoms with E-state index in [0.29, 0.717) is 42.0 Å². The normalized spacial score (nSPS) is 21.4. The summed E-state index contributed by atoms with van der Waals surface area (Å²) in [5.41, 5.74) is 2.95. The number of aryl methyl sites for hydroxylation is 1. The van der Waals surface area contributed by atoms with Crippen LogP contribution in [0.3, 0.4) is 0 Å². The highest BCUT2D eigenvalue weighted by atomic mass is 19.1. The summed E-state index contributed by atoms with van der Waals surface area (Å²) >= 11 is 0. The molecule has 1 N–H and O–H groups in total. The van der Waals surface area contributed by atoms with Crippen molar-refractivity contribution in [1.82, 2.24) is 25.3 Å². The molecule has 3 fully saturated rings. The van der Waals surface area contributed by atoms with Crippen molar-refractivity contribution >= 4 is 11.8 Å². The minimum absolute atomic E-state index is 0.000677. The van der Waals surface area contributed by atoms with Gasteiger partial charge in [0.15, 0.2) is 0 Å². The minimum Gasteiger partial charge on any atom is -0.457 e. The Bertz CT molecular complexity index is 1470. The molecule has 6 rings (SSSR count). The van der Waals surface area contributed by atoms with E-state index in [2.05, 4.69) is 27.3 Å². The van der Waals surface area contributed by atoms with Crippen molar-refractivity contribution < 1.29 is 18.7 Å². The predicted octanol–water partition coefficient (Wildman–Crippen LogP) is 6.28. The SMILES string of the molecule is Cc1ccc(-c2ccc(Oc3cc(C(=O)NC4CCN(C5CCCCC5C)CC4)c(F)cc3CN3CCCC3=O)cc2)nn1. The average molecular weight is 600 g/mol. The molecule has 3 aromatic rings. The number of ether oxygens (including phenoxy) is 1. The van der Waals surface area contributed by atoms with E-state index in [1.54, 1.807) is 4.90 Å². The van der Waals surface area contributed by atoms with Crippen LogP contribution in [0.5, 0.6) is 11.5 Å². The van der Waals surface area contributed by atoms with Gasteiger partial charge in [0.05, 0.1) is 17.0 Å². The molecule has 0 bridgehead atoms.